The highest BCUT2D eigenvalue weighted by Gasteiger charge is 2.54. The van der Waals surface area contributed by atoms with Gasteiger partial charge in [0, 0.05) is 0 Å². The summed E-state index contributed by atoms with van der Waals surface area (Å²) in [5.41, 5.74) is 0.0945. The number of amides is 1. The molecule has 5 rings (SSSR count). The first-order valence-corrected chi connectivity index (χ1v) is 12.3. The second-order valence-corrected chi connectivity index (χ2v) is 11.5. The number of carbonyl (C=O) groups excluding carboxylic acids is 2. The van der Waals surface area contributed by atoms with E-state index in [2.05, 4.69) is 10.0 Å². The second-order valence-electron chi connectivity index (χ2n) is 8.79. The lowest BCUT2D eigenvalue weighted by Crippen LogP contribution is -2.51. The zero-order valence-corrected chi connectivity index (χ0v) is 17.3. The number of ketones is 1. The first kappa shape index (κ1) is 19.1. The highest BCUT2D eigenvalue weighted by molar-refractivity contribution is 7.88. The van der Waals surface area contributed by atoms with Crippen LogP contribution in [0.25, 0.3) is 0 Å². The van der Waals surface area contributed by atoms with Gasteiger partial charge < -0.3 is 5.32 Å². The first-order chi connectivity index (χ1) is 12.7. The van der Waals surface area contributed by atoms with Crippen LogP contribution >= 0.6 is 11.3 Å². The Morgan fingerprint density at radius 1 is 1.15 bits per heavy atom. The number of rotatable bonds is 6. The fourth-order valence-electron chi connectivity index (χ4n) is 5.83. The Bertz CT molecular complexity index is 839. The van der Waals surface area contributed by atoms with Crippen LogP contribution in [-0.4, -0.2) is 32.4 Å². The van der Waals surface area contributed by atoms with Gasteiger partial charge in [-0.15, -0.1) is 11.3 Å². The molecule has 4 saturated carbocycles. The van der Waals surface area contributed by atoms with Crippen LogP contribution < -0.4 is 10.0 Å². The number of nitrogens with one attached hydrogen (secondary N) is 2. The molecule has 8 heteroatoms. The van der Waals surface area contributed by atoms with Crippen LogP contribution in [0.4, 0.5) is 5.00 Å². The van der Waals surface area contributed by atoms with E-state index >= 15 is 0 Å². The molecule has 2 N–H and O–H groups in total. The molecule has 1 aromatic heterocycles. The fraction of sp³-hybridized carbons (Fsp3) is 0.684. The summed E-state index contributed by atoms with van der Waals surface area (Å²) in [4.78, 5) is 25.9. The summed E-state index contributed by atoms with van der Waals surface area (Å²) < 4.78 is 25.1. The molecule has 6 nitrogen and oxygen atoms in total. The van der Waals surface area contributed by atoms with Crippen molar-refractivity contribution in [2.24, 2.45) is 23.2 Å². The van der Waals surface area contributed by atoms with E-state index in [0.29, 0.717) is 28.3 Å². The molecule has 1 aromatic rings. The predicted molar refractivity (Wildman–Crippen MR) is 105 cm³/mol. The molecule has 0 radical (unpaired) electrons. The van der Waals surface area contributed by atoms with Gasteiger partial charge in [-0.2, -0.15) is 0 Å². The summed E-state index contributed by atoms with van der Waals surface area (Å²) >= 11 is 1.32. The quantitative estimate of drug-likeness (QED) is 0.705. The highest BCUT2D eigenvalue weighted by Crippen LogP contribution is 2.60. The van der Waals surface area contributed by atoms with Crippen LogP contribution in [0, 0.1) is 23.2 Å². The van der Waals surface area contributed by atoms with E-state index in [1.165, 1.54) is 37.5 Å². The molecule has 27 heavy (non-hydrogen) atoms. The molecule has 0 aromatic carbocycles. The molecule has 0 saturated heterocycles. The number of thiophene rings is 1. The Kier molecular flexibility index (Phi) is 4.71. The molecule has 148 valence electrons. The van der Waals surface area contributed by atoms with Crippen molar-refractivity contribution in [3.63, 3.8) is 0 Å². The van der Waals surface area contributed by atoms with E-state index in [1.807, 2.05) is 0 Å². The molecule has 1 amide bonds. The number of Topliss-reactive ketones (excluding diaryl/α,β-unsaturated/α-hetero) is 1. The number of carbonyl (C=O) groups is 2. The SMILES string of the molecule is C[C@H](NS(C)(=O)=O)C(=O)c1ccsc1NC(=O)C12CC3CC(CC(C3)C1)C2. The average Bonchev–Trinajstić information content (AvgIpc) is 2.99. The summed E-state index contributed by atoms with van der Waals surface area (Å²) in [6.45, 7) is 1.52. The second kappa shape index (κ2) is 6.67. The van der Waals surface area contributed by atoms with E-state index in [0.717, 1.165) is 25.5 Å². The van der Waals surface area contributed by atoms with Crippen LogP contribution in [0.15, 0.2) is 11.4 Å². The molecule has 1 atom stereocenters. The smallest absolute Gasteiger partial charge is 0.231 e. The van der Waals surface area contributed by atoms with Gasteiger partial charge in [0.1, 0.15) is 5.00 Å². The van der Waals surface area contributed by atoms with E-state index in [4.69, 9.17) is 0 Å². The van der Waals surface area contributed by atoms with Gasteiger partial charge in [0.15, 0.2) is 5.78 Å². The first-order valence-electron chi connectivity index (χ1n) is 9.56. The molecule has 4 bridgehead atoms. The molecule has 4 aliphatic rings. The van der Waals surface area contributed by atoms with Crippen LogP contribution in [0.2, 0.25) is 0 Å². The maximum atomic E-state index is 13.2. The third-order valence-electron chi connectivity index (χ3n) is 6.46. The van der Waals surface area contributed by atoms with Gasteiger partial charge in [-0.05, 0) is 74.6 Å². The molecule has 0 unspecified atom stereocenters. The zero-order chi connectivity index (χ0) is 19.4. The van der Waals surface area contributed by atoms with Crippen molar-refractivity contribution in [1.82, 2.24) is 4.72 Å². The van der Waals surface area contributed by atoms with Gasteiger partial charge in [0.05, 0.1) is 23.3 Å². The lowest BCUT2D eigenvalue weighted by Gasteiger charge is -2.55. The molecule has 0 spiro atoms. The number of hydrogen-bond acceptors (Lipinski definition) is 5. The number of sulfonamides is 1. The molecule has 1 heterocycles. The highest BCUT2D eigenvalue weighted by atomic mass is 32.2. The van der Waals surface area contributed by atoms with Crippen molar-refractivity contribution in [2.75, 3.05) is 11.6 Å². The number of hydrogen-bond donors (Lipinski definition) is 2. The standard InChI is InChI=1S/C19H26N2O4S2/c1-11(21-27(2,24)25)16(22)15-3-4-26-17(15)20-18(23)19-8-12-5-13(9-19)7-14(6-12)10-19/h3-4,11-14,21H,5-10H2,1-2H3,(H,20,23)/t11-,12?,13?,14?,19?/m0/s1. The lowest BCUT2D eigenvalue weighted by molar-refractivity contribution is -0.140. The zero-order valence-electron chi connectivity index (χ0n) is 15.7. The van der Waals surface area contributed by atoms with Gasteiger partial charge in [0.2, 0.25) is 15.9 Å². The van der Waals surface area contributed by atoms with Gasteiger partial charge in [-0.3, -0.25) is 9.59 Å². The fourth-order valence-corrected chi connectivity index (χ4v) is 7.37. The van der Waals surface area contributed by atoms with Crippen LogP contribution in [-0.2, 0) is 14.8 Å². The minimum absolute atomic E-state index is 0.0434. The molecule has 4 aliphatic carbocycles. The summed E-state index contributed by atoms with van der Waals surface area (Å²) in [5, 5.41) is 5.32. The molecular formula is C19H26N2O4S2. The van der Waals surface area contributed by atoms with Crippen molar-refractivity contribution in [1.29, 1.82) is 0 Å². The van der Waals surface area contributed by atoms with Crippen molar-refractivity contribution in [3.05, 3.63) is 17.0 Å². The lowest BCUT2D eigenvalue weighted by atomic mass is 9.49. The summed E-state index contributed by atoms with van der Waals surface area (Å²) in [5.74, 6) is 1.73. The van der Waals surface area contributed by atoms with E-state index in [-0.39, 0.29) is 17.1 Å². The van der Waals surface area contributed by atoms with E-state index in [9.17, 15) is 18.0 Å². The van der Waals surface area contributed by atoms with Gasteiger partial charge in [-0.25, -0.2) is 13.1 Å². The third-order valence-corrected chi connectivity index (χ3v) is 8.07. The minimum Gasteiger partial charge on any atom is -0.317 e. The molecular weight excluding hydrogens is 384 g/mol. The Hall–Kier alpha value is -1.25. The summed E-state index contributed by atoms with van der Waals surface area (Å²) in [6.07, 6.45) is 7.72. The summed E-state index contributed by atoms with van der Waals surface area (Å²) in [7, 11) is -3.48. The number of anilines is 1. The van der Waals surface area contributed by atoms with E-state index < -0.39 is 16.1 Å². The third kappa shape index (κ3) is 3.71. The molecule has 0 aliphatic heterocycles. The van der Waals surface area contributed by atoms with Crippen molar-refractivity contribution in [3.8, 4) is 0 Å². The van der Waals surface area contributed by atoms with Crippen molar-refractivity contribution < 1.29 is 18.0 Å². The largest absolute Gasteiger partial charge is 0.317 e. The monoisotopic (exact) mass is 410 g/mol. The summed E-state index contributed by atoms with van der Waals surface area (Å²) in [6, 6.07) is 0.785. The average molecular weight is 411 g/mol. The Morgan fingerprint density at radius 3 is 2.22 bits per heavy atom. The molecule has 4 fully saturated rings. The van der Waals surface area contributed by atoms with Gasteiger partial charge >= 0.3 is 0 Å². The topological polar surface area (TPSA) is 92.3 Å². The van der Waals surface area contributed by atoms with Gasteiger partial charge in [0.25, 0.3) is 0 Å². The Morgan fingerprint density at radius 2 is 1.70 bits per heavy atom. The maximum absolute atomic E-state index is 13.2. The van der Waals surface area contributed by atoms with Crippen LogP contribution in [0.3, 0.4) is 0 Å². The normalized spacial score (nSPS) is 33.0. The predicted octanol–water partition coefficient (Wildman–Crippen LogP) is 3.02. The van der Waals surface area contributed by atoms with Gasteiger partial charge in [-0.1, -0.05) is 0 Å². The van der Waals surface area contributed by atoms with Crippen molar-refractivity contribution in [2.45, 2.75) is 51.5 Å². The van der Waals surface area contributed by atoms with Crippen LogP contribution in [0.5, 0.6) is 0 Å². The van der Waals surface area contributed by atoms with Crippen LogP contribution in [0.1, 0.15) is 55.8 Å². The maximum Gasteiger partial charge on any atom is 0.231 e. The minimum atomic E-state index is -3.48. The Balaban J connectivity index is 1.50. The Labute approximate surface area is 164 Å². The van der Waals surface area contributed by atoms with E-state index in [1.54, 1.807) is 11.4 Å². The van der Waals surface area contributed by atoms with Crippen molar-refractivity contribution >= 4 is 38.1 Å².